The van der Waals surface area contributed by atoms with Gasteiger partial charge < -0.3 is 10.2 Å². The van der Waals surface area contributed by atoms with Gasteiger partial charge in [-0.15, -0.1) is 11.8 Å². The molecule has 1 aromatic carbocycles. The average Bonchev–Trinajstić information content (AvgIpc) is 2.25. The molecule has 0 radical (unpaired) electrons. The number of nitrogens with zero attached hydrogens (tertiary/aromatic N) is 1. The zero-order valence-corrected chi connectivity index (χ0v) is 10.9. The Morgan fingerprint density at radius 2 is 2.00 bits per heavy atom. The molecule has 0 bridgehead atoms. The minimum Gasteiger partial charge on any atom is -0.316 e. The Hall–Kier alpha value is -0.510. The third-order valence-corrected chi connectivity index (χ3v) is 3.79. The van der Waals surface area contributed by atoms with Crippen LogP contribution in [0.3, 0.4) is 0 Å². The van der Waals surface area contributed by atoms with E-state index in [9.17, 15) is 0 Å². The van der Waals surface area contributed by atoms with Gasteiger partial charge in [-0.1, -0.05) is 12.1 Å². The van der Waals surface area contributed by atoms with Crippen molar-refractivity contribution in [1.29, 1.82) is 0 Å². The van der Waals surface area contributed by atoms with E-state index in [4.69, 9.17) is 0 Å². The van der Waals surface area contributed by atoms with Gasteiger partial charge in [0.1, 0.15) is 0 Å². The highest BCUT2D eigenvalue weighted by Crippen LogP contribution is 2.16. The van der Waals surface area contributed by atoms with Crippen LogP contribution in [0.1, 0.15) is 5.56 Å². The minimum atomic E-state index is 0.857. The topological polar surface area (TPSA) is 15.3 Å². The second-order valence-corrected chi connectivity index (χ2v) is 5.45. The number of hydrogen-bond acceptors (Lipinski definition) is 3. The number of thioether (sulfide) groups is 1. The molecule has 0 spiro atoms. The van der Waals surface area contributed by atoms with Gasteiger partial charge in [0.15, 0.2) is 0 Å². The molecule has 1 aliphatic rings. The molecule has 1 aliphatic heterocycles. The molecule has 0 atom stereocenters. The van der Waals surface area contributed by atoms with Crippen LogP contribution in [0.2, 0.25) is 0 Å². The lowest BCUT2D eigenvalue weighted by atomic mass is 10.0. The molecule has 1 N–H and O–H groups in total. The molecular formula is C13H20N2S. The predicted molar refractivity (Wildman–Crippen MR) is 70.9 cm³/mol. The molecule has 0 amide bonds. The summed E-state index contributed by atoms with van der Waals surface area (Å²) in [7, 11) is 2.21. The zero-order chi connectivity index (χ0) is 11.4. The fourth-order valence-electron chi connectivity index (χ4n) is 2.03. The summed E-state index contributed by atoms with van der Waals surface area (Å²) in [5.74, 6) is 0.857. The number of benzene rings is 1. The van der Waals surface area contributed by atoms with E-state index < -0.39 is 0 Å². The van der Waals surface area contributed by atoms with Crippen LogP contribution in [0, 0.1) is 5.92 Å². The van der Waals surface area contributed by atoms with Crippen molar-refractivity contribution in [3.8, 4) is 0 Å². The maximum atomic E-state index is 3.32. The fraction of sp³-hybridized carbons (Fsp3) is 0.538. The van der Waals surface area contributed by atoms with Crippen LogP contribution in [0.5, 0.6) is 0 Å². The maximum Gasteiger partial charge on any atom is 0.0230 e. The minimum absolute atomic E-state index is 0.857. The van der Waals surface area contributed by atoms with Crippen molar-refractivity contribution < 1.29 is 0 Å². The van der Waals surface area contributed by atoms with Gasteiger partial charge in [0.25, 0.3) is 0 Å². The standard InChI is InChI=1S/C13H20N2S/c1-15(10-12-7-14-8-12)9-11-3-5-13(16-2)6-4-11/h3-6,12,14H,7-10H2,1-2H3. The number of hydrogen-bond donors (Lipinski definition) is 1. The predicted octanol–water partition coefficient (Wildman–Crippen LogP) is 2.06. The van der Waals surface area contributed by atoms with Crippen molar-refractivity contribution >= 4 is 11.8 Å². The average molecular weight is 236 g/mol. The molecule has 1 saturated heterocycles. The van der Waals surface area contributed by atoms with Gasteiger partial charge in [-0.25, -0.2) is 0 Å². The van der Waals surface area contributed by atoms with Gasteiger partial charge in [-0.2, -0.15) is 0 Å². The molecule has 0 aromatic heterocycles. The van der Waals surface area contributed by atoms with Crippen molar-refractivity contribution in [3.05, 3.63) is 29.8 Å². The van der Waals surface area contributed by atoms with Crippen LogP contribution in [0.25, 0.3) is 0 Å². The Balaban J connectivity index is 1.82. The van der Waals surface area contributed by atoms with Crippen molar-refractivity contribution in [1.82, 2.24) is 10.2 Å². The summed E-state index contributed by atoms with van der Waals surface area (Å²) in [6.45, 7) is 4.65. The first kappa shape index (κ1) is 12.0. The summed E-state index contributed by atoms with van der Waals surface area (Å²) >= 11 is 1.80. The van der Waals surface area contributed by atoms with E-state index >= 15 is 0 Å². The Bertz CT molecular complexity index is 319. The van der Waals surface area contributed by atoms with Crippen LogP contribution in [-0.2, 0) is 6.54 Å². The number of rotatable bonds is 5. The smallest absolute Gasteiger partial charge is 0.0230 e. The first-order valence-electron chi connectivity index (χ1n) is 5.80. The number of nitrogens with one attached hydrogen (secondary N) is 1. The molecule has 1 heterocycles. The van der Waals surface area contributed by atoms with E-state index in [1.165, 1.54) is 30.1 Å². The monoisotopic (exact) mass is 236 g/mol. The molecular weight excluding hydrogens is 216 g/mol. The van der Waals surface area contributed by atoms with Gasteiger partial charge in [-0.3, -0.25) is 0 Å². The Labute approximate surface area is 102 Å². The highest BCUT2D eigenvalue weighted by molar-refractivity contribution is 7.98. The van der Waals surface area contributed by atoms with E-state index in [2.05, 4.69) is 47.8 Å². The van der Waals surface area contributed by atoms with E-state index in [-0.39, 0.29) is 0 Å². The first-order valence-corrected chi connectivity index (χ1v) is 7.02. The van der Waals surface area contributed by atoms with Gasteiger partial charge in [-0.05, 0) is 36.9 Å². The Morgan fingerprint density at radius 3 is 2.50 bits per heavy atom. The summed E-state index contributed by atoms with van der Waals surface area (Å²) in [5.41, 5.74) is 1.41. The SMILES string of the molecule is CSc1ccc(CN(C)CC2CNC2)cc1. The van der Waals surface area contributed by atoms with Crippen molar-refractivity contribution in [3.63, 3.8) is 0 Å². The lowest BCUT2D eigenvalue weighted by Gasteiger charge is -2.31. The van der Waals surface area contributed by atoms with Gasteiger partial charge >= 0.3 is 0 Å². The molecule has 1 aromatic rings. The molecule has 3 heteroatoms. The van der Waals surface area contributed by atoms with Crippen molar-refractivity contribution in [2.24, 2.45) is 5.92 Å². The van der Waals surface area contributed by atoms with E-state index in [0.29, 0.717) is 0 Å². The van der Waals surface area contributed by atoms with Crippen LogP contribution in [0.15, 0.2) is 29.2 Å². The van der Waals surface area contributed by atoms with Crippen LogP contribution in [-0.4, -0.2) is 37.8 Å². The lowest BCUT2D eigenvalue weighted by molar-refractivity contribution is 0.218. The quantitative estimate of drug-likeness (QED) is 0.788. The van der Waals surface area contributed by atoms with Crippen molar-refractivity contribution in [2.45, 2.75) is 11.4 Å². The Morgan fingerprint density at radius 1 is 1.31 bits per heavy atom. The zero-order valence-electron chi connectivity index (χ0n) is 10.1. The van der Waals surface area contributed by atoms with Crippen LogP contribution >= 0.6 is 11.8 Å². The second kappa shape index (κ2) is 5.71. The second-order valence-electron chi connectivity index (χ2n) is 4.57. The molecule has 0 aliphatic carbocycles. The van der Waals surface area contributed by atoms with Crippen LogP contribution < -0.4 is 5.32 Å². The molecule has 0 unspecified atom stereocenters. The fourth-order valence-corrected chi connectivity index (χ4v) is 2.43. The highest BCUT2D eigenvalue weighted by atomic mass is 32.2. The molecule has 2 nitrogen and oxygen atoms in total. The third-order valence-electron chi connectivity index (χ3n) is 3.05. The highest BCUT2D eigenvalue weighted by Gasteiger charge is 2.18. The van der Waals surface area contributed by atoms with E-state index in [0.717, 1.165) is 12.5 Å². The third kappa shape index (κ3) is 3.24. The molecule has 1 fully saturated rings. The normalized spacial score (nSPS) is 16.4. The van der Waals surface area contributed by atoms with Crippen LogP contribution in [0.4, 0.5) is 0 Å². The van der Waals surface area contributed by atoms with Crippen molar-refractivity contribution in [2.75, 3.05) is 32.9 Å². The van der Waals surface area contributed by atoms with E-state index in [1.807, 2.05) is 0 Å². The largest absolute Gasteiger partial charge is 0.316 e. The molecule has 0 saturated carbocycles. The van der Waals surface area contributed by atoms with Gasteiger partial charge in [0, 0.05) is 31.1 Å². The molecule has 16 heavy (non-hydrogen) atoms. The van der Waals surface area contributed by atoms with Gasteiger partial charge in [0.05, 0.1) is 0 Å². The summed E-state index contributed by atoms with van der Waals surface area (Å²) in [5, 5.41) is 3.32. The Kier molecular flexibility index (Phi) is 4.27. The van der Waals surface area contributed by atoms with Gasteiger partial charge in [0.2, 0.25) is 0 Å². The molecule has 88 valence electrons. The molecule has 2 rings (SSSR count). The summed E-state index contributed by atoms with van der Waals surface area (Å²) in [6.07, 6.45) is 2.12. The summed E-state index contributed by atoms with van der Waals surface area (Å²) in [4.78, 5) is 3.76. The lowest BCUT2D eigenvalue weighted by Crippen LogP contribution is -2.47. The summed E-state index contributed by atoms with van der Waals surface area (Å²) < 4.78 is 0. The van der Waals surface area contributed by atoms with E-state index in [1.54, 1.807) is 11.8 Å². The maximum absolute atomic E-state index is 3.32. The first-order chi connectivity index (χ1) is 7.78. The summed E-state index contributed by atoms with van der Waals surface area (Å²) in [6, 6.07) is 8.89.